The van der Waals surface area contributed by atoms with Gasteiger partial charge in [-0.2, -0.15) is 0 Å². The van der Waals surface area contributed by atoms with Crippen molar-refractivity contribution in [3.8, 4) is 11.5 Å². The Morgan fingerprint density at radius 3 is 2.50 bits per heavy atom. The second-order valence-corrected chi connectivity index (χ2v) is 6.52. The van der Waals surface area contributed by atoms with Crippen LogP contribution in [0.5, 0.6) is 11.5 Å². The van der Waals surface area contributed by atoms with Crippen LogP contribution in [0.2, 0.25) is 5.02 Å². The minimum Gasteiger partial charge on any atom is -0.493 e. The van der Waals surface area contributed by atoms with Crippen molar-refractivity contribution in [2.45, 2.75) is 20.0 Å². The van der Waals surface area contributed by atoms with Gasteiger partial charge >= 0.3 is 0 Å². The zero-order valence-corrected chi connectivity index (χ0v) is 16.4. The monoisotopic (exact) mass is 376 g/mol. The third-order valence-electron chi connectivity index (χ3n) is 3.82. The lowest BCUT2D eigenvalue weighted by atomic mass is 10.1. The second-order valence-electron chi connectivity index (χ2n) is 6.11. The van der Waals surface area contributed by atoms with Crippen molar-refractivity contribution in [2.24, 2.45) is 0 Å². The van der Waals surface area contributed by atoms with Gasteiger partial charge in [0.15, 0.2) is 11.5 Å². The van der Waals surface area contributed by atoms with Crippen LogP contribution in [0, 0.1) is 0 Å². The number of benzene rings is 2. The van der Waals surface area contributed by atoms with E-state index in [0.717, 1.165) is 12.1 Å². The molecule has 0 spiro atoms. The molecule has 0 aromatic heterocycles. The second kappa shape index (κ2) is 9.46. The first-order valence-corrected chi connectivity index (χ1v) is 8.84. The molecule has 0 fully saturated rings. The standard InChI is InChI=1S/C20H25ClN2O3/c1-5-26-19-17(21)10-16(11-18(19)25-4)20(24)22-12-14-8-6-7-9-15(14)13-23(2)3/h6-11H,5,12-13H2,1-4H3,(H,22,24). The fraction of sp³-hybridized carbons (Fsp3) is 0.350. The van der Waals surface area contributed by atoms with E-state index in [1.54, 1.807) is 12.1 Å². The summed E-state index contributed by atoms with van der Waals surface area (Å²) in [7, 11) is 5.56. The average molecular weight is 377 g/mol. The van der Waals surface area contributed by atoms with E-state index >= 15 is 0 Å². The molecule has 0 unspecified atom stereocenters. The molecule has 2 rings (SSSR count). The molecule has 0 radical (unpaired) electrons. The number of carbonyl (C=O) groups excluding carboxylic acids is 1. The summed E-state index contributed by atoms with van der Waals surface area (Å²) in [6.45, 7) is 3.58. The summed E-state index contributed by atoms with van der Waals surface area (Å²) in [6, 6.07) is 11.3. The van der Waals surface area contributed by atoms with E-state index < -0.39 is 0 Å². The first-order chi connectivity index (χ1) is 12.5. The molecule has 2 aromatic carbocycles. The highest BCUT2D eigenvalue weighted by Gasteiger charge is 2.16. The summed E-state index contributed by atoms with van der Waals surface area (Å²) in [5.74, 6) is 0.676. The van der Waals surface area contributed by atoms with E-state index in [1.807, 2.05) is 39.2 Å². The smallest absolute Gasteiger partial charge is 0.251 e. The Hall–Kier alpha value is -2.24. The quantitative estimate of drug-likeness (QED) is 0.762. The zero-order chi connectivity index (χ0) is 19.1. The highest BCUT2D eigenvalue weighted by molar-refractivity contribution is 6.32. The number of rotatable bonds is 8. The van der Waals surface area contributed by atoms with Gasteiger partial charge in [-0.15, -0.1) is 0 Å². The Morgan fingerprint density at radius 1 is 1.19 bits per heavy atom. The molecular weight excluding hydrogens is 352 g/mol. The number of nitrogens with zero attached hydrogens (tertiary/aromatic N) is 1. The first kappa shape index (κ1) is 20.1. The van der Waals surface area contributed by atoms with Gasteiger partial charge < -0.3 is 19.7 Å². The van der Waals surface area contributed by atoms with Crippen molar-refractivity contribution in [1.29, 1.82) is 0 Å². The number of hydrogen-bond donors (Lipinski definition) is 1. The van der Waals surface area contributed by atoms with Crippen LogP contribution in [-0.4, -0.2) is 38.6 Å². The van der Waals surface area contributed by atoms with E-state index in [4.69, 9.17) is 21.1 Å². The van der Waals surface area contributed by atoms with Gasteiger partial charge in [-0.3, -0.25) is 4.79 Å². The minimum absolute atomic E-state index is 0.215. The third kappa shape index (κ3) is 5.13. The fourth-order valence-electron chi connectivity index (χ4n) is 2.64. The Balaban J connectivity index is 2.15. The van der Waals surface area contributed by atoms with Crippen molar-refractivity contribution in [3.05, 3.63) is 58.1 Å². The Morgan fingerprint density at radius 2 is 1.88 bits per heavy atom. The van der Waals surface area contributed by atoms with Gasteiger partial charge in [0.1, 0.15) is 0 Å². The van der Waals surface area contributed by atoms with Crippen LogP contribution in [0.4, 0.5) is 0 Å². The molecule has 0 aliphatic carbocycles. The number of carbonyl (C=O) groups is 1. The normalized spacial score (nSPS) is 10.7. The van der Waals surface area contributed by atoms with Crippen molar-refractivity contribution < 1.29 is 14.3 Å². The first-order valence-electron chi connectivity index (χ1n) is 8.46. The summed E-state index contributed by atoms with van der Waals surface area (Å²) in [5, 5.41) is 3.30. The number of ether oxygens (including phenoxy) is 2. The van der Waals surface area contributed by atoms with Gasteiger partial charge in [-0.25, -0.2) is 0 Å². The van der Waals surface area contributed by atoms with Crippen molar-refractivity contribution >= 4 is 17.5 Å². The lowest BCUT2D eigenvalue weighted by Crippen LogP contribution is -2.24. The van der Waals surface area contributed by atoms with Gasteiger partial charge in [-0.05, 0) is 44.3 Å². The number of hydrogen-bond acceptors (Lipinski definition) is 4. The SMILES string of the molecule is CCOc1c(Cl)cc(C(=O)NCc2ccccc2CN(C)C)cc1OC. The van der Waals surface area contributed by atoms with Gasteiger partial charge in [-0.1, -0.05) is 35.9 Å². The average Bonchev–Trinajstić information content (AvgIpc) is 2.61. The maximum Gasteiger partial charge on any atom is 0.251 e. The molecule has 0 aliphatic heterocycles. The predicted octanol–water partition coefficient (Wildman–Crippen LogP) is 3.74. The predicted molar refractivity (Wildman–Crippen MR) is 104 cm³/mol. The molecule has 0 atom stereocenters. The molecule has 140 valence electrons. The molecule has 2 aromatic rings. The van der Waals surface area contributed by atoms with Crippen LogP contribution in [0.15, 0.2) is 36.4 Å². The van der Waals surface area contributed by atoms with Crippen LogP contribution >= 0.6 is 11.6 Å². The number of halogens is 1. The minimum atomic E-state index is -0.215. The molecule has 0 saturated heterocycles. The van der Waals surface area contributed by atoms with E-state index in [2.05, 4.69) is 16.3 Å². The summed E-state index contributed by atoms with van der Waals surface area (Å²) >= 11 is 6.25. The van der Waals surface area contributed by atoms with Crippen LogP contribution in [0.25, 0.3) is 0 Å². The maximum atomic E-state index is 12.6. The molecule has 6 heteroatoms. The van der Waals surface area contributed by atoms with Gasteiger partial charge in [0.2, 0.25) is 0 Å². The number of amides is 1. The molecule has 5 nitrogen and oxygen atoms in total. The zero-order valence-electron chi connectivity index (χ0n) is 15.6. The Kier molecular flexibility index (Phi) is 7.30. The summed E-state index contributed by atoms with van der Waals surface area (Å²) in [6.07, 6.45) is 0. The molecule has 1 amide bonds. The number of methoxy groups -OCH3 is 1. The summed E-state index contributed by atoms with van der Waals surface area (Å²) < 4.78 is 10.8. The van der Waals surface area contributed by atoms with E-state index in [0.29, 0.717) is 35.2 Å². The lowest BCUT2D eigenvalue weighted by molar-refractivity contribution is 0.0950. The molecular formula is C20H25ClN2O3. The molecule has 0 saturated carbocycles. The summed E-state index contributed by atoms with van der Waals surface area (Å²) in [5.41, 5.74) is 2.69. The van der Waals surface area contributed by atoms with Crippen LogP contribution < -0.4 is 14.8 Å². The summed E-state index contributed by atoms with van der Waals surface area (Å²) in [4.78, 5) is 14.7. The van der Waals surface area contributed by atoms with E-state index in [9.17, 15) is 4.79 Å². The molecule has 1 N–H and O–H groups in total. The molecule has 0 bridgehead atoms. The van der Waals surface area contributed by atoms with Crippen LogP contribution in [-0.2, 0) is 13.1 Å². The van der Waals surface area contributed by atoms with Crippen LogP contribution in [0.1, 0.15) is 28.4 Å². The van der Waals surface area contributed by atoms with E-state index in [-0.39, 0.29) is 5.91 Å². The van der Waals surface area contributed by atoms with Gasteiger partial charge in [0.25, 0.3) is 5.91 Å². The van der Waals surface area contributed by atoms with Crippen molar-refractivity contribution in [2.75, 3.05) is 27.8 Å². The number of nitrogens with one attached hydrogen (secondary N) is 1. The molecule has 26 heavy (non-hydrogen) atoms. The highest BCUT2D eigenvalue weighted by atomic mass is 35.5. The lowest BCUT2D eigenvalue weighted by Gasteiger charge is -2.15. The van der Waals surface area contributed by atoms with Crippen molar-refractivity contribution in [3.63, 3.8) is 0 Å². The van der Waals surface area contributed by atoms with E-state index in [1.165, 1.54) is 12.7 Å². The van der Waals surface area contributed by atoms with Gasteiger partial charge in [0, 0.05) is 18.7 Å². The topological polar surface area (TPSA) is 50.8 Å². The largest absolute Gasteiger partial charge is 0.493 e. The van der Waals surface area contributed by atoms with Crippen LogP contribution in [0.3, 0.4) is 0 Å². The Labute approximate surface area is 159 Å². The highest BCUT2D eigenvalue weighted by Crippen LogP contribution is 2.36. The Bertz CT molecular complexity index is 763. The van der Waals surface area contributed by atoms with Gasteiger partial charge in [0.05, 0.1) is 18.7 Å². The molecule has 0 heterocycles. The molecule has 0 aliphatic rings. The third-order valence-corrected chi connectivity index (χ3v) is 4.11. The maximum absolute atomic E-state index is 12.6. The van der Waals surface area contributed by atoms with Crippen molar-refractivity contribution in [1.82, 2.24) is 10.2 Å². The fourth-order valence-corrected chi connectivity index (χ4v) is 2.90.